The molecule has 0 aliphatic rings. The number of hydrogen-bond donors (Lipinski definition) is 1. The van der Waals surface area contributed by atoms with E-state index < -0.39 is 0 Å². The molecule has 0 saturated carbocycles. The van der Waals surface area contributed by atoms with Crippen molar-refractivity contribution in [2.75, 3.05) is 13.7 Å². The predicted molar refractivity (Wildman–Crippen MR) is 64.6 cm³/mol. The first kappa shape index (κ1) is 13.0. The summed E-state index contributed by atoms with van der Waals surface area (Å²) in [5, 5.41) is 0.652. The van der Waals surface area contributed by atoms with Crippen LogP contribution in [0.1, 0.15) is 23.5 Å². The van der Waals surface area contributed by atoms with Crippen LogP contribution in [0, 0.1) is 6.92 Å². The first-order valence-corrected chi connectivity index (χ1v) is 5.49. The minimum Gasteiger partial charge on any atom is -0.469 e. The Balaban J connectivity index is 2.90. The zero-order valence-electron chi connectivity index (χ0n) is 9.50. The fourth-order valence-electron chi connectivity index (χ4n) is 1.57. The molecule has 1 aromatic rings. The molecule has 0 aromatic heterocycles. The lowest BCUT2D eigenvalue weighted by Gasteiger charge is -2.15. The summed E-state index contributed by atoms with van der Waals surface area (Å²) in [6.45, 7) is 2.34. The van der Waals surface area contributed by atoms with Crippen LogP contribution in [0.5, 0.6) is 0 Å². The first-order chi connectivity index (χ1) is 7.58. The standard InChI is InChI=1S/C12H16ClNO2/c1-8-3-4-10(11(13)5-8)9(7-14)6-12(15)16-2/h3-5,9H,6-7,14H2,1-2H3. The number of carbonyl (C=O) groups is 1. The van der Waals surface area contributed by atoms with Crippen molar-refractivity contribution in [1.29, 1.82) is 0 Å². The highest BCUT2D eigenvalue weighted by Crippen LogP contribution is 2.27. The van der Waals surface area contributed by atoms with Gasteiger partial charge in [-0.15, -0.1) is 0 Å². The summed E-state index contributed by atoms with van der Waals surface area (Å²) >= 11 is 6.12. The second kappa shape index (κ2) is 5.87. The quantitative estimate of drug-likeness (QED) is 0.823. The molecule has 0 heterocycles. The van der Waals surface area contributed by atoms with E-state index in [-0.39, 0.29) is 18.3 Å². The molecular weight excluding hydrogens is 226 g/mol. The van der Waals surface area contributed by atoms with Crippen LogP contribution in [-0.4, -0.2) is 19.6 Å². The van der Waals surface area contributed by atoms with Crippen molar-refractivity contribution < 1.29 is 9.53 Å². The molecular formula is C12H16ClNO2. The van der Waals surface area contributed by atoms with E-state index in [1.165, 1.54) is 7.11 Å². The van der Waals surface area contributed by atoms with Crippen molar-refractivity contribution in [3.05, 3.63) is 34.3 Å². The first-order valence-electron chi connectivity index (χ1n) is 5.11. The fourth-order valence-corrected chi connectivity index (χ4v) is 1.96. The van der Waals surface area contributed by atoms with Crippen LogP contribution in [0.2, 0.25) is 5.02 Å². The molecule has 1 rings (SSSR count). The Labute approximate surface area is 101 Å². The van der Waals surface area contributed by atoms with Crippen molar-refractivity contribution in [3.63, 3.8) is 0 Å². The van der Waals surface area contributed by atoms with Gasteiger partial charge >= 0.3 is 5.97 Å². The molecule has 0 amide bonds. The molecule has 0 fully saturated rings. The lowest BCUT2D eigenvalue weighted by Crippen LogP contribution is -2.17. The third-order valence-electron chi connectivity index (χ3n) is 2.52. The normalized spacial score (nSPS) is 12.2. The van der Waals surface area contributed by atoms with Crippen LogP contribution >= 0.6 is 11.6 Å². The minimum atomic E-state index is -0.271. The van der Waals surface area contributed by atoms with E-state index in [0.717, 1.165) is 11.1 Å². The molecule has 0 radical (unpaired) electrons. The number of halogens is 1. The molecule has 0 bridgehead atoms. The van der Waals surface area contributed by atoms with Gasteiger partial charge in [-0.25, -0.2) is 0 Å². The molecule has 16 heavy (non-hydrogen) atoms. The topological polar surface area (TPSA) is 52.3 Å². The Morgan fingerprint density at radius 3 is 2.75 bits per heavy atom. The summed E-state index contributed by atoms with van der Waals surface area (Å²) < 4.78 is 4.63. The Morgan fingerprint density at radius 1 is 1.56 bits per heavy atom. The van der Waals surface area contributed by atoms with Crippen LogP contribution in [0.4, 0.5) is 0 Å². The molecule has 1 atom stereocenters. The number of carbonyl (C=O) groups excluding carboxylic acids is 1. The third-order valence-corrected chi connectivity index (χ3v) is 2.85. The number of methoxy groups -OCH3 is 1. The van der Waals surface area contributed by atoms with Crippen molar-refractivity contribution in [2.24, 2.45) is 5.73 Å². The average Bonchev–Trinajstić information content (AvgIpc) is 2.26. The number of ether oxygens (including phenoxy) is 1. The number of hydrogen-bond acceptors (Lipinski definition) is 3. The van der Waals surface area contributed by atoms with Gasteiger partial charge in [0.25, 0.3) is 0 Å². The summed E-state index contributed by atoms with van der Waals surface area (Å²) in [7, 11) is 1.37. The van der Waals surface area contributed by atoms with Gasteiger partial charge in [0, 0.05) is 10.9 Å². The van der Waals surface area contributed by atoms with Gasteiger partial charge in [0.15, 0.2) is 0 Å². The molecule has 3 nitrogen and oxygen atoms in total. The molecule has 0 aliphatic carbocycles. The highest BCUT2D eigenvalue weighted by Gasteiger charge is 2.17. The Hall–Kier alpha value is -1.06. The van der Waals surface area contributed by atoms with Gasteiger partial charge < -0.3 is 10.5 Å². The predicted octanol–water partition coefficient (Wildman–Crippen LogP) is 2.25. The number of rotatable bonds is 4. The Kier molecular flexibility index (Phi) is 4.77. The maximum atomic E-state index is 11.2. The van der Waals surface area contributed by atoms with Crippen molar-refractivity contribution in [1.82, 2.24) is 0 Å². The molecule has 1 unspecified atom stereocenters. The number of aryl methyl sites for hydroxylation is 1. The number of nitrogens with two attached hydrogens (primary N) is 1. The highest BCUT2D eigenvalue weighted by molar-refractivity contribution is 6.31. The van der Waals surface area contributed by atoms with Gasteiger partial charge in [-0.1, -0.05) is 23.7 Å². The lowest BCUT2D eigenvalue weighted by atomic mass is 9.95. The Morgan fingerprint density at radius 2 is 2.25 bits per heavy atom. The van der Waals surface area contributed by atoms with Crippen LogP contribution in [-0.2, 0) is 9.53 Å². The summed E-state index contributed by atoms with van der Waals surface area (Å²) in [4.78, 5) is 11.2. The van der Waals surface area contributed by atoms with E-state index in [1.54, 1.807) is 0 Å². The average molecular weight is 242 g/mol. The maximum absolute atomic E-state index is 11.2. The smallest absolute Gasteiger partial charge is 0.306 e. The van der Waals surface area contributed by atoms with Crippen molar-refractivity contribution in [2.45, 2.75) is 19.3 Å². The highest BCUT2D eigenvalue weighted by atomic mass is 35.5. The molecule has 1 aromatic carbocycles. The van der Waals surface area contributed by atoms with E-state index in [4.69, 9.17) is 17.3 Å². The van der Waals surface area contributed by atoms with E-state index >= 15 is 0 Å². The lowest BCUT2D eigenvalue weighted by molar-refractivity contribution is -0.141. The van der Waals surface area contributed by atoms with Gasteiger partial charge in [0.2, 0.25) is 0 Å². The second-order valence-electron chi connectivity index (χ2n) is 3.74. The second-order valence-corrected chi connectivity index (χ2v) is 4.15. The van der Waals surface area contributed by atoms with E-state index in [2.05, 4.69) is 4.74 Å². The van der Waals surface area contributed by atoms with E-state index in [0.29, 0.717) is 11.6 Å². The zero-order chi connectivity index (χ0) is 12.1. The van der Waals surface area contributed by atoms with Crippen LogP contribution in [0.3, 0.4) is 0 Å². The SMILES string of the molecule is COC(=O)CC(CN)c1ccc(C)cc1Cl. The van der Waals surface area contributed by atoms with E-state index in [9.17, 15) is 4.79 Å². The summed E-state index contributed by atoms with van der Waals surface area (Å²) in [6, 6.07) is 5.75. The minimum absolute atomic E-state index is 0.0828. The van der Waals surface area contributed by atoms with Crippen LogP contribution in [0.25, 0.3) is 0 Å². The van der Waals surface area contributed by atoms with Gasteiger partial charge in [0.1, 0.15) is 0 Å². The van der Waals surface area contributed by atoms with Gasteiger partial charge in [-0.05, 0) is 30.7 Å². The van der Waals surface area contributed by atoms with Crippen molar-refractivity contribution >= 4 is 17.6 Å². The molecule has 0 saturated heterocycles. The number of benzene rings is 1. The summed E-state index contributed by atoms with van der Waals surface area (Å²) in [6.07, 6.45) is 0.260. The van der Waals surface area contributed by atoms with Crippen LogP contribution in [0.15, 0.2) is 18.2 Å². The Bertz CT molecular complexity index is 379. The summed E-state index contributed by atoms with van der Waals surface area (Å²) in [5.41, 5.74) is 7.64. The van der Waals surface area contributed by atoms with Gasteiger partial charge in [-0.3, -0.25) is 4.79 Å². The monoisotopic (exact) mass is 241 g/mol. The van der Waals surface area contributed by atoms with Gasteiger partial charge in [-0.2, -0.15) is 0 Å². The van der Waals surface area contributed by atoms with Crippen molar-refractivity contribution in [3.8, 4) is 0 Å². The third kappa shape index (κ3) is 3.22. The largest absolute Gasteiger partial charge is 0.469 e. The fraction of sp³-hybridized carbons (Fsp3) is 0.417. The maximum Gasteiger partial charge on any atom is 0.306 e. The zero-order valence-corrected chi connectivity index (χ0v) is 10.3. The molecule has 0 aliphatic heterocycles. The van der Waals surface area contributed by atoms with Gasteiger partial charge in [0.05, 0.1) is 13.5 Å². The molecule has 4 heteroatoms. The number of esters is 1. The molecule has 2 N–H and O–H groups in total. The summed E-state index contributed by atoms with van der Waals surface area (Å²) in [5.74, 6) is -0.354. The van der Waals surface area contributed by atoms with E-state index in [1.807, 2.05) is 25.1 Å². The molecule has 88 valence electrons. The molecule has 0 spiro atoms. The van der Waals surface area contributed by atoms with Crippen LogP contribution < -0.4 is 5.73 Å².